The molecular formula is C17H21NO. The van der Waals surface area contributed by atoms with Gasteiger partial charge in [0.2, 0.25) is 0 Å². The van der Waals surface area contributed by atoms with Crippen LogP contribution in [0.3, 0.4) is 0 Å². The van der Waals surface area contributed by atoms with E-state index < -0.39 is 0 Å². The van der Waals surface area contributed by atoms with Gasteiger partial charge in [-0.2, -0.15) is 0 Å². The molecule has 2 aromatic rings. The van der Waals surface area contributed by atoms with Gasteiger partial charge in [-0.25, -0.2) is 0 Å². The van der Waals surface area contributed by atoms with E-state index in [0.717, 1.165) is 11.5 Å². The van der Waals surface area contributed by atoms with Gasteiger partial charge in [0.1, 0.15) is 11.5 Å². The highest BCUT2D eigenvalue weighted by Gasteiger charge is 2.13. The van der Waals surface area contributed by atoms with Gasteiger partial charge in [0, 0.05) is 0 Å². The minimum absolute atomic E-state index is 0.408. The first-order valence-corrected chi connectivity index (χ1v) is 6.73. The summed E-state index contributed by atoms with van der Waals surface area (Å²) < 4.78 is 5.78. The summed E-state index contributed by atoms with van der Waals surface area (Å²) in [4.78, 5) is 0. The Morgan fingerprint density at radius 2 is 1.47 bits per heavy atom. The lowest BCUT2D eigenvalue weighted by atomic mass is 9.89. The molecule has 19 heavy (non-hydrogen) atoms. The maximum Gasteiger partial charge on any atom is 0.127 e. The lowest BCUT2D eigenvalue weighted by molar-refractivity contribution is 0.479. The van der Waals surface area contributed by atoms with E-state index >= 15 is 0 Å². The highest BCUT2D eigenvalue weighted by atomic mass is 16.5. The average Bonchev–Trinajstić information content (AvgIpc) is 2.42. The van der Waals surface area contributed by atoms with E-state index in [1.807, 2.05) is 42.5 Å². The second-order valence-corrected chi connectivity index (χ2v) is 5.07. The van der Waals surface area contributed by atoms with E-state index in [4.69, 9.17) is 10.5 Å². The largest absolute Gasteiger partial charge is 0.457 e. The van der Waals surface area contributed by atoms with Crippen LogP contribution in [0.1, 0.15) is 25.3 Å². The van der Waals surface area contributed by atoms with E-state index in [1.54, 1.807) is 0 Å². The standard InChI is InChI=1S/C17H21NO/c1-13(2)17(12-18)14-8-10-16(11-9-14)19-15-6-4-3-5-7-15/h3-11,13,17H,12,18H2,1-2H3. The average molecular weight is 255 g/mol. The van der Waals surface area contributed by atoms with Gasteiger partial charge in [0.25, 0.3) is 0 Å². The molecule has 0 saturated heterocycles. The molecule has 1 unspecified atom stereocenters. The summed E-state index contributed by atoms with van der Waals surface area (Å²) in [6, 6.07) is 18.0. The van der Waals surface area contributed by atoms with Gasteiger partial charge in [0.15, 0.2) is 0 Å². The van der Waals surface area contributed by atoms with Crippen molar-refractivity contribution in [3.8, 4) is 11.5 Å². The van der Waals surface area contributed by atoms with Crippen molar-refractivity contribution in [2.75, 3.05) is 6.54 Å². The van der Waals surface area contributed by atoms with Gasteiger partial charge < -0.3 is 10.5 Å². The monoisotopic (exact) mass is 255 g/mol. The molecule has 2 nitrogen and oxygen atoms in total. The van der Waals surface area contributed by atoms with Crippen molar-refractivity contribution in [3.63, 3.8) is 0 Å². The first-order valence-electron chi connectivity index (χ1n) is 6.73. The Labute approximate surface area is 115 Å². The summed E-state index contributed by atoms with van der Waals surface area (Å²) in [5.41, 5.74) is 7.11. The highest BCUT2D eigenvalue weighted by molar-refractivity contribution is 5.34. The van der Waals surface area contributed by atoms with E-state index in [-0.39, 0.29) is 0 Å². The molecule has 0 saturated carbocycles. The summed E-state index contributed by atoms with van der Waals surface area (Å²) in [7, 11) is 0. The van der Waals surface area contributed by atoms with Crippen LogP contribution in [0.15, 0.2) is 54.6 Å². The number of benzene rings is 2. The molecule has 0 amide bonds. The molecular weight excluding hydrogens is 234 g/mol. The Balaban J connectivity index is 2.10. The third-order valence-electron chi connectivity index (χ3n) is 3.35. The summed E-state index contributed by atoms with van der Waals surface area (Å²) in [6.45, 7) is 5.08. The summed E-state index contributed by atoms with van der Waals surface area (Å²) in [6.07, 6.45) is 0. The first kappa shape index (κ1) is 13.6. The molecule has 1 atom stereocenters. The van der Waals surface area contributed by atoms with Gasteiger partial charge in [-0.1, -0.05) is 44.2 Å². The smallest absolute Gasteiger partial charge is 0.127 e. The molecule has 0 aromatic heterocycles. The van der Waals surface area contributed by atoms with Crippen molar-refractivity contribution in [1.29, 1.82) is 0 Å². The zero-order valence-electron chi connectivity index (χ0n) is 11.5. The fourth-order valence-electron chi connectivity index (χ4n) is 2.20. The van der Waals surface area contributed by atoms with Gasteiger partial charge >= 0.3 is 0 Å². The number of hydrogen-bond donors (Lipinski definition) is 1. The van der Waals surface area contributed by atoms with Gasteiger partial charge in [-0.15, -0.1) is 0 Å². The molecule has 0 spiro atoms. The first-order chi connectivity index (χ1) is 9.20. The van der Waals surface area contributed by atoms with Crippen LogP contribution in [-0.2, 0) is 0 Å². The van der Waals surface area contributed by atoms with Gasteiger partial charge in [-0.3, -0.25) is 0 Å². The van der Waals surface area contributed by atoms with Gasteiger partial charge in [0.05, 0.1) is 0 Å². The molecule has 0 aliphatic carbocycles. The zero-order valence-corrected chi connectivity index (χ0v) is 11.5. The van der Waals surface area contributed by atoms with Crippen LogP contribution >= 0.6 is 0 Å². The minimum atomic E-state index is 0.408. The molecule has 100 valence electrons. The number of para-hydroxylation sites is 1. The van der Waals surface area contributed by atoms with Crippen LogP contribution < -0.4 is 10.5 Å². The quantitative estimate of drug-likeness (QED) is 0.870. The van der Waals surface area contributed by atoms with Crippen LogP contribution in [0.25, 0.3) is 0 Å². The molecule has 2 heteroatoms. The van der Waals surface area contributed by atoms with Crippen molar-refractivity contribution in [2.45, 2.75) is 19.8 Å². The molecule has 0 aliphatic heterocycles. The Morgan fingerprint density at radius 1 is 0.895 bits per heavy atom. The molecule has 0 radical (unpaired) electrons. The Bertz CT molecular complexity index is 490. The normalized spacial score (nSPS) is 12.4. The summed E-state index contributed by atoms with van der Waals surface area (Å²) in [5.74, 6) is 2.67. The van der Waals surface area contributed by atoms with Crippen LogP contribution in [0.2, 0.25) is 0 Å². The predicted octanol–water partition coefficient (Wildman–Crippen LogP) is 4.18. The van der Waals surface area contributed by atoms with Crippen LogP contribution in [-0.4, -0.2) is 6.54 Å². The predicted molar refractivity (Wildman–Crippen MR) is 79.6 cm³/mol. The van der Waals surface area contributed by atoms with Crippen molar-refractivity contribution < 1.29 is 4.74 Å². The molecule has 2 aromatic carbocycles. The third kappa shape index (κ3) is 3.58. The topological polar surface area (TPSA) is 35.2 Å². The lowest BCUT2D eigenvalue weighted by Gasteiger charge is -2.19. The third-order valence-corrected chi connectivity index (χ3v) is 3.35. The van der Waals surface area contributed by atoms with Crippen LogP contribution in [0.5, 0.6) is 11.5 Å². The fourth-order valence-corrected chi connectivity index (χ4v) is 2.20. The Morgan fingerprint density at radius 3 is 2.00 bits per heavy atom. The molecule has 0 fully saturated rings. The molecule has 2 N–H and O–H groups in total. The molecule has 0 heterocycles. The van der Waals surface area contributed by atoms with Crippen LogP contribution in [0, 0.1) is 5.92 Å². The fraction of sp³-hybridized carbons (Fsp3) is 0.294. The van der Waals surface area contributed by atoms with Crippen molar-refractivity contribution in [3.05, 3.63) is 60.2 Å². The number of ether oxygens (including phenoxy) is 1. The zero-order chi connectivity index (χ0) is 13.7. The minimum Gasteiger partial charge on any atom is -0.457 e. The van der Waals surface area contributed by atoms with Gasteiger partial charge in [-0.05, 0) is 48.2 Å². The maximum absolute atomic E-state index is 5.84. The number of rotatable bonds is 5. The van der Waals surface area contributed by atoms with Crippen LogP contribution in [0.4, 0.5) is 0 Å². The summed E-state index contributed by atoms with van der Waals surface area (Å²) in [5, 5.41) is 0. The second kappa shape index (κ2) is 6.39. The highest BCUT2D eigenvalue weighted by Crippen LogP contribution is 2.27. The molecule has 0 aliphatic rings. The van der Waals surface area contributed by atoms with E-state index in [1.165, 1.54) is 5.56 Å². The maximum atomic E-state index is 5.84. The van der Waals surface area contributed by atoms with E-state index in [9.17, 15) is 0 Å². The molecule has 0 bridgehead atoms. The Hall–Kier alpha value is -1.80. The number of hydrogen-bond acceptors (Lipinski definition) is 2. The Kier molecular flexibility index (Phi) is 4.58. The lowest BCUT2D eigenvalue weighted by Crippen LogP contribution is -2.17. The SMILES string of the molecule is CC(C)C(CN)c1ccc(Oc2ccccc2)cc1. The number of nitrogens with two attached hydrogens (primary N) is 1. The molecule has 2 rings (SSSR count). The van der Waals surface area contributed by atoms with E-state index in [2.05, 4.69) is 26.0 Å². The van der Waals surface area contributed by atoms with Crippen molar-refractivity contribution in [1.82, 2.24) is 0 Å². The summed E-state index contributed by atoms with van der Waals surface area (Å²) >= 11 is 0. The second-order valence-electron chi connectivity index (χ2n) is 5.07. The van der Waals surface area contributed by atoms with Crippen molar-refractivity contribution >= 4 is 0 Å². The van der Waals surface area contributed by atoms with Crippen molar-refractivity contribution in [2.24, 2.45) is 11.7 Å². The van der Waals surface area contributed by atoms with E-state index in [0.29, 0.717) is 18.4 Å².